The van der Waals surface area contributed by atoms with Crippen molar-refractivity contribution in [3.63, 3.8) is 0 Å². The predicted octanol–water partition coefficient (Wildman–Crippen LogP) is 6.97. The minimum absolute atomic E-state index is 0.0755. The Morgan fingerprint density at radius 1 is 0.875 bits per heavy atom. The number of hydrogen-bond acceptors (Lipinski definition) is 3. The highest BCUT2D eigenvalue weighted by molar-refractivity contribution is 6.00. The first-order valence-electron chi connectivity index (χ1n) is 16.7. The number of urea groups is 1. The highest BCUT2D eigenvalue weighted by atomic mass is 16.2. The molecule has 1 heterocycles. The number of nitrogens with one attached hydrogen (secondary N) is 2. The van der Waals surface area contributed by atoms with E-state index in [-0.39, 0.29) is 33.7 Å². The first kappa shape index (κ1) is 28.7. The summed E-state index contributed by atoms with van der Waals surface area (Å²) in [5, 5.41) is 6.90. The summed E-state index contributed by atoms with van der Waals surface area (Å²) >= 11 is 0. The van der Waals surface area contributed by atoms with Crippen LogP contribution < -0.4 is 10.6 Å². The molecule has 0 aromatic rings. The van der Waals surface area contributed by atoms with Crippen LogP contribution in [0.25, 0.3) is 0 Å². The van der Waals surface area contributed by atoms with E-state index >= 15 is 0 Å². The summed E-state index contributed by atoms with van der Waals surface area (Å²) in [6.07, 6.45) is 10.5. The molecule has 6 rings (SSSR count). The van der Waals surface area contributed by atoms with E-state index in [0.29, 0.717) is 34.9 Å². The van der Waals surface area contributed by atoms with Gasteiger partial charge in [-0.15, -0.1) is 0 Å². The second-order valence-electron chi connectivity index (χ2n) is 16.9. The Labute approximate surface area is 244 Å². The number of carbonyl (C=O) groups is 2. The molecule has 5 aliphatic carbocycles. The second kappa shape index (κ2) is 9.32. The van der Waals surface area contributed by atoms with E-state index in [0.717, 1.165) is 39.0 Å². The average Bonchev–Trinajstić information content (AvgIpc) is 3.17. The van der Waals surface area contributed by atoms with Crippen molar-refractivity contribution in [1.82, 2.24) is 15.5 Å². The molecule has 2 N–H and O–H groups in total. The molecule has 8 atom stereocenters. The number of amides is 2. The van der Waals surface area contributed by atoms with E-state index in [1.165, 1.54) is 50.5 Å². The van der Waals surface area contributed by atoms with E-state index in [4.69, 9.17) is 0 Å². The van der Waals surface area contributed by atoms with Crippen LogP contribution in [0, 0.1) is 50.7 Å². The molecule has 1 saturated heterocycles. The predicted molar refractivity (Wildman–Crippen MR) is 162 cm³/mol. The van der Waals surface area contributed by atoms with Crippen LogP contribution in [0.4, 0.5) is 4.79 Å². The van der Waals surface area contributed by atoms with Gasteiger partial charge in [0.05, 0.1) is 0 Å². The average molecular weight is 552 g/mol. The quantitative estimate of drug-likeness (QED) is 0.390. The lowest BCUT2D eigenvalue weighted by Crippen LogP contribution is -2.67. The SMILES string of the molecule is CC(C)C1=C2[C@H]3CC[C@@H]4[C@@]5(C)CCC(NC(=O)N6CCNCC6)C(C)(C)[C@@H]5CC[C@@]4(C)[C@]3(C)CC[C@@]2(C)CC1=O. The molecule has 0 spiro atoms. The Hall–Kier alpha value is -1.36. The van der Waals surface area contributed by atoms with Crippen LogP contribution in [0.5, 0.6) is 0 Å². The van der Waals surface area contributed by atoms with Crippen LogP contribution >= 0.6 is 0 Å². The fraction of sp³-hybridized carbons (Fsp3) is 0.886. The Balaban J connectivity index is 1.29. The summed E-state index contributed by atoms with van der Waals surface area (Å²) in [7, 11) is 0. The molecule has 2 amide bonds. The Bertz CT molecular complexity index is 1100. The minimum atomic E-state index is 0.0755. The van der Waals surface area contributed by atoms with Gasteiger partial charge in [-0.2, -0.15) is 0 Å². The van der Waals surface area contributed by atoms with Crippen molar-refractivity contribution < 1.29 is 9.59 Å². The van der Waals surface area contributed by atoms with E-state index in [1.54, 1.807) is 5.57 Å². The lowest BCUT2D eigenvalue weighted by atomic mass is 9.33. The molecular formula is C35H57N3O2. The Morgan fingerprint density at radius 3 is 2.25 bits per heavy atom. The van der Waals surface area contributed by atoms with Crippen LogP contribution in [0.15, 0.2) is 11.1 Å². The number of allylic oxidation sites excluding steroid dienone is 2. The number of rotatable bonds is 2. The zero-order valence-electron chi connectivity index (χ0n) is 26.8. The molecule has 5 fully saturated rings. The lowest BCUT2D eigenvalue weighted by molar-refractivity contribution is -0.215. The van der Waals surface area contributed by atoms with Gasteiger partial charge in [-0.3, -0.25) is 4.79 Å². The molecule has 0 aromatic carbocycles. The van der Waals surface area contributed by atoms with Crippen LogP contribution in [-0.4, -0.2) is 48.9 Å². The van der Waals surface area contributed by atoms with Crippen molar-refractivity contribution in [3.05, 3.63) is 11.1 Å². The van der Waals surface area contributed by atoms with Gasteiger partial charge in [-0.25, -0.2) is 4.79 Å². The summed E-state index contributed by atoms with van der Waals surface area (Å²) in [5.74, 6) is 2.65. The molecule has 0 aromatic heterocycles. The standard InChI is InChI=1S/C35H57N3O2/c1-22(2)28-24(39)21-32(5)15-16-34(7)23(29(28)32)9-10-26-33(6)13-12-27(37-30(40)38-19-17-36-18-20-38)31(3,4)25(33)11-14-35(26,34)8/h22-23,25-27,36H,9-21H2,1-8H3,(H,37,40)/t23-,25+,26-,27?,32+,33+,34-,35-/m1/s1. The van der Waals surface area contributed by atoms with Gasteiger partial charge >= 0.3 is 6.03 Å². The summed E-state index contributed by atoms with van der Waals surface area (Å²) in [4.78, 5) is 28.6. The molecule has 5 nitrogen and oxygen atoms in total. The van der Waals surface area contributed by atoms with Crippen molar-refractivity contribution in [2.45, 2.75) is 119 Å². The molecule has 5 heteroatoms. The number of carbonyl (C=O) groups excluding carboxylic acids is 2. The topological polar surface area (TPSA) is 61.4 Å². The molecule has 0 bridgehead atoms. The number of Topliss-reactive ketones (excluding diaryl/α,β-unsaturated/α-hetero) is 1. The molecule has 224 valence electrons. The van der Waals surface area contributed by atoms with E-state index in [2.05, 4.69) is 66.0 Å². The largest absolute Gasteiger partial charge is 0.335 e. The van der Waals surface area contributed by atoms with Gasteiger partial charge in [0.1, 0.15) is 0 Å². The maximum Gasteiger partial charge on any atom is 0.317 e. The molecule has 4 saturated carbocycles. The fourth-order valence-corrected chi connectivity index (χ4v) is 12.3. The zero-order chi connectivity index (χ0) is 28.9. The minimum Gasteiger partial charge on any atom is -0.335 e. The Kier molecular flexibility index (Phi) is 6.70. The van der Waals surface area contributed by atoms with E-state index in [1.807, 2.05) is 4.90 Å². The van der Waals surface area contributed by atoms with Crippen molar-refractivity contribution in [2.24, 2.45) is 50.7 Å². The normalized spacial score (nSPS) is 46.4. The van der Waals surface area contributed by atoms with Crippen LogP contribution in [0.2, 0.25) is 0 Å². The first-order valence-corrected chi connectivity index (χ1v) is 16.7. The van der Waals surface area contributed by atoms with Gasteiger partial charge < -0.3 is 15.5 Å². The third-order valence-electron chi connectivity index (χ3n) is 14.5. The fourth-order valence-electron chi connectivity index (χ4n) is 12.3. The molecule has 40 heavy (non-hydrogen) atoms. The molecule has 1 aliphatic heterocycles. The van der Waals surface area contributed by atoms with Crippen LogP contribution in [0.3, 0.4) is 0 Å². The van der Waals surface area contributed by atoms with Gasteiger partial charge in [0.15, 0.2) is 5.78 Å². The summed E-state index contributed by atoms with van der Waals surface area (Å²) in [5.41, 5.74) is 3.80. The Morgan fingerprint density at radius 2 is 1.57 bits per heavy atom. The van der Waals surface area contributed by atoms with Gasteiger partial charge in [0.25, 0.3) is 0 Å². The highest BCUT2D eigenvalue weighted by Crippen LogP contribution is 2.76. The highest BCUT2D eigenvalue weighted by Gasteiger charge is 2.69. The van der Waals surface area contributed by atoms with Gasteiger partial charge in [-0.05, 0) is 108 Å². The number of ketones is 1. The smallest absolute Gasteiger partial charge is 0.317 e. The van der Waals surface area contributed by atoms with Crippen molar-refractivity contribution in [1.29, 1.82) is 0 Å². The number of hydrogen-bond donors (Lipinski definition) is 2. The molecule has 6 aliphatic rings. The molecular weight excluding hydrogens is 494 g/mol. The first-order chi connectivity index (χ1) is 18.7. The summed E-state index contributed by atoms with van der Waals surface area (Å²) in [6.45, 7) is 23.2. The summed E-state index contributed by atoms with van der Waals surface area (Å²) < 4.78 is 0. The summed E-state index contributed by atoms with van der Waals surface area (Å²) in [6, 6.07) is 0.380. The van der Waals surface area contributed by atoms with Crippen LogP contribution in [0.1, 0.15) is 113 Å². The third kappa shape index (κ3) is 3.80. The van der Waals surface area contributed by atoms with Crippen molar-refractivity contribution in [3.8, 4) is 0 Å². The van der Waals surface area contributed by atoms with Crippen molar-refractivity contribution >= 4 is 11.8 Å². The number of nitrogens with zero attached hydrogens (tertiary/aromatic N) is 1. The van der Waals surface area contributed by atoms with Gasteiger partial charge in [0, 0.05) is 38.6 Å². The maximum atomic E-state index is 13.4. The molecule has 1 unspecified atom stereocenters. The monoisotopic (exact) mass is 551 g/mol. The third-order valence-corrected chi connectivity index (χ3v) is 14.5. The number of piperazine rings is 1. The van der Waals surface area contributed by atoms with Crippen molar-refractivity contribution in [2.75, 3.05) is 26.2 Å². The zero-order valence-corrected chi connectivity index (χ0v) is 26.8. The van der Waals surface area contributed by atoms with Gasteiger partial charge in [-0.1, -0.05) is 61.0 Å². The maximum absolute atomic E-state index is 13.4. The van der Waals surface area contributed by atoms with E-state index in [9.17, 15) is 9.59 Å². The number of fused-ring (bicyclic) bond motifs is 7. The molecule has 0 radical (unpaired) electrons. The van der Waals surface area contributed by atoms with Crippen LogP contribution in [-0.2, 0) is 4.79 Å². The van der Waals surface area contributed by atoms with E-state index < -0.39 is 0 Å². The van der Waals surface area contributed by atoms with Gasteiger partial charge in [0.2, 0.25) is 0 Å². The lowest BCUT2D eigenvalue weighted by Gasteiger charge is -2.72. The second-order valence-corrected chi connectivity index (χ2v) is 16.9.